The third-order valence-electron chi connectivity index (χ3n) is 3.66. The van der Waals surface area contributed by atoms with Crippen molar-refractivity contribution >= 4 is 23.7 Å². The highest BCUT2D eigenvalue weighted by atomic mass is 16.5. The molecule has 27 heavy (non-hydrogen) atoms. The molecule has 0 atom stereocenters. The fourth-order valence-corrected chi connectivity index (χ4v) is 2.39. The Morgan fingerprint density at radius 1 is 1.15 bits per heavy atom. The van der Waals surface area contributed by atoms with E-state index in [4.69, 9.17) is 4.74 Å². The molecule has 0 fully saturated rings. The summed E-state index contributed by atoms with van der Waals surface area (Å²) in [7, 11) is 0. The van der Waals surface area contributed by atoms with Crippen LogP contribution in [-0.4, -0.2) is 29.7 Å². The molecule has 2 amide bonds. The minimum atomic E-state index is -0.530. The van der Waals surface area contributed by atoms with E-state index in [1.165, 1.54) is 12.3 Å². The van der Waals surface area contributed by atoms with Gasteiger partial charge in [0.2, 0.25) is 11.8 Å². The molecule has 0 aliphatic carbocycles. The molecular weight excluding hydrogens is 346 g/mol. The summed E-state index contributed by atoms with van der Waals surface area (Å²) in [5, 5.41) is 16.2. The first kappa shape index (κ1) is 20.0. The third kappa shape index (κ3) is 6.14. The first-order chi connectivity index (χ1) is 12.9. The molecule has 0 bridgehead atoms. The summed E-state index contributed by atoms with van der Waals surface area (Å²) in [4.78, 5) is 23.8. The van der Waals surface area contributed by atoms with Gasteiger partial charge in [0, 0.05) is 5.69 Å². The van der Waals surface area contributed by atoms with Gasteiger partial charge in [0.25, 0.3) is 0 Å². The van der Waals surface area contributed by atoms with Crippen LogP contribution in [0.25, 0.3) is 0 Å². The molecule has 0 saturated carbocycles. The van der Waals surface area contributed by atoms with Crippen molar-refractivity contribution in [2.24, 2.45) is 5.10 Å². The van der Waals surface area contributed by atoms with Crippen LogP contribution in [0.15, 0.2) is 41.5 Å². The predicted octanol–water partition coefficient (Wildman–Crippen LogP) is 2.89. The van der Waals surface area contributed by atoms with Gasteiger partial charge in [-0.1, -0.05) is 17.7 Å². The molecular formula is C20H23N3O4. The maximum atomic E-state index is 12.0. The summed E-state index contributed by atoms with van der Waals surface area (Å²) in [6.07, 6.45) is 1.06. The summed E-state index contributed by atoms with van der Waals surface area (Å²) in [6.45, 7) is 6.08. The van der Waals surface area contributed by atoms with Crippen LogP contribution in [0.1, 0.15) is 30.0 Å². The number of hydrogen-bond acceptors (Lipinski definition) is 5. The third-order valence-corrected chi connectivity index (χ3v) is 3.66. The quantitative estimate of drug-likeness (QED) is 0.397. The van der Waals surface area contributed by atoms with Crippen LogP contribution in [0.4, 0.5) is 5.69 Å². The van der Waals surface area contributed by atoms with E-state index in [2.05, 4.69) is 15.8 Å². The molecule has 7 heteroatoms. The number of carbonyl (C=O) groups is 2. The molecule has 0 unspecified atom stereocenters. The van der Waals surface area contributed by atoms with Gasteiger partial charge < -0.3 is 15.2 Å². The van der Waals surface area contributed by atoms with Gasteiger partial charge in [-0.05, 0) is 56.2 Å². The standard InChI is InChI=1S/C20H23N3O4/c1-4-27-18-10-15(6-8-17(18)24)12-21-23-20(26)11-19(25)22-16-7-5-13(2)9-14(16)3/h5-10,12,24H,4,11H2,1-3H3,(H,22,25)(H,23,26). The molecule has 2 rings (SSSR count). The van der Waals surface area contributed by atoms with Crippen molar-refractivity contribution in [3.63, 3.8) is 0 Å². The molecule has 0 radical (unpaired) electrons. The predicted molar refractivity (Wildman–Crippen MR) is 104 cm³/mol. The average molecular weight is 369 g/mol. The highest BCUT2D eigenvalue weighted by molar-refractivity contribution is 6.04. The van der Waals surface area contributed by atoms with Gasteiger partial charge in [-0.2, -0.15) is 5.10 Å². The van der Waals surface area contributed by atoms with Crippen LogP contribution in [0.3, 0.4) is 0 Å². The number of amides is 2. The smallest absolute Gasteiger partial charge is 0.249 e. The number of hydrazone groups is 1. The number of phenols is 1. The van der Waals surface area contributed by atoms with Gasteiger partial charge in [0.1, 0.15) is 6.42 Å². The number of phenolic OH excluding ortho intramolecular Hbond substituents is 1. The van der Waals surface area contributed by atoms with E-state index in [9.17, 15) is 14.7 Å². The zero-order chi connectivity index (χ0) is 19.8. The van der Waals surface area contributed by atoms with E-state index in [-0.39, 0.29) is 12.2 Å². The van der Waals surface area contributed by atoms with Gasteiger partial charge in [-0.15, -0.1) is 0 Å². The Balaban J connectivity index is 1.87. The minimum absolute atomic E-state index is 0.0288. The van der Waals surface area contributed by atoms with Gasteiger partial charge in [-0.25, -0.2) is 5.43 Å². The first-order valence-electron chi connectivity index (χ1n) is 8.54. The van der Waals surface area contributed by atoms with E-state index in [1.54, 1.807) is 18.2 Å². The van der Waals surface area contributed by atoms with Crippen molar-refractivity contribution < 1.29 is 19.4 Å². The summed E-state index contributed by atoms with van der Waals surface area (Å²) in [6, 6.07) is 10.3. The number of benzene rings is 2. The van der Waals surface area contributed by atoms with E-state index >= 15 is 0 Å². The molecule has 0 aliphatic heterocycles. The van der Waals surface area contributed by atoms with Crippen molar-refractivity contribution in [3.05, 3.63) is 53.1 Å². The van der Waals surface area contributed by atoms with E-state index in [1.807, 2.05) is 32.9 Å². The number of rotatable bonds is 7. The molecule has 0 spiro atoms. The van der Waals surface area contributed by atoms with Gasteiger partial charge >= 0.3 is 0 Å². The lowest BCUT2D eigenvalue weighted by Crippen LogP contribution is -2.24. The highest BCUT2D eigenvalue weighted by Crippen LogP contribution is 2.26. The second kappa shape index (κ2) is 9.38. The molecule has 0 aromatic heterocycles. The molecule has 0 heterocycles. The number of aromatic hydroxyl groups is 1. The average Bonchev–Trinajstić information content (AvgIpc) is 2.60. The molecule has 2 aromatic carbocycles. The Hall–Kier alpha value is -3.35. The number of ether oxygens (including phenoxy) is 1. The van der Waals surface area contributed by atoms with E-state index in [0.29, 0.717) is 23.6 Å². The summed E-state index contributed by atoms with van der Waals surface area (Å²) in [5.74, 6) is -0.586. The maximum Gasteiger partial charge on any atom is 0.249 e. The molecule has 2 aromatic rings. The number of nitrogens with one attached hydrogen (secondary N) is 2. The molecule has 0 aliphatic rings. The zero-order valence-electron chi connectivity index (χ0n) is 15.6. The normalized spacial score (nSPS) is 10.6. The fraction of sp³-hybridized carbons (Fsp3) is 0.250. The lowest BCUT2D eigenvalue weighted by atomic mass is 10.1. The lowest BCUT2D eigenvalue weighted by Gasteiger charge is -2.08. The fourth-order valence-electron chi connectivity index (χ4n) is 2.39. The SMILES string of the molecule is CCOc1cc(C=NNC(=O)CC(=O)Nc2ccc(C)cc2C)ccc1O. The van der Waals surface area contributed by atoms with Gasteiger partial charge in [0.15, 0.2) is 11.5 Å². The second-order valence-corrected chi connectivity index (χ2v) is 6.00. The number of hydrogen-bond donors (Lipinski definition) is 3. The highest BCUT2D eigenvalue weighted by Gasteiger charge is 2.10. The Morgan fingerprint density at radius 3 is 2.63 bits per heavy atom. The Morgan fingerprint density at radius 2 is 1.93 bits per heavy atom. The summed E-state index contributed by atoms with van der Waals surface area (Å²) < 4.78 is 5.28. The largest absolute Gasteiger partial charge is 0.504 e. The van der Waals surface area contributed by atoms with Crippen LogP contribution in [0.5, 0.6) is 11.5 Å². The van der Waals surface area contributed by atoms with Crippen molar-refractivity contribution in [1.29, 1.82) is 0 Å². The number of nitrogens with zero attached hydrogens (tertiary/aromatic N) is 1. The number of anilines is 1. The second-order valence-electron chi connectivity index (χ2n) is 6.00. The molecule has 3 N–H and O–H groups in total. The number of aryl methyl sites for hydroxylation is 2. The Labute approximate surface area is 158 Å². The molecule has 142 valence electrons. The van der Waals surface area contributed by atoms with Crippen LogP contribution < -0.4 is 15.5 Å². The first-order valence-corrected chi connectivity index (χ1v) is 8.54. The topological polar surface area (TPSA) is 100 Å². The van der Waals surface area contributed by atoms with Crippen molar-refractivity contribution in [1.82, 2.24) is 5.43 Å². The zero-order valence-corrected chi connectivity index (χ0v) is 15.6. The maximum absolute atomic E-state index is 12.0. The monoisotopic (exact) mass is 369 g/mol. The van der Waals surface area contributed by atoms with E-state index < -0.39 is 11.8 Å². The van der Waals surface area contributed by atoms with Crippen LogP contribution in [0, 0.1) is 13.8 Å². The summed E-state index contributed by atoms with van der Waals surface area (Å²) >= 11 is 0. The Bertz CT molecular complexity index is 862. The number of carbonyl (C=O) groups excluding carboxylic acids is 2. The molecule has 0 saturated heterocycles. The molecule has 7 nitrogen and oxygen atoms in total. The van der Waals surface area contributed by atoms with Crippen molar-refractivity contribution in [2.45, 2.75) is 27.2 Å². The van der Waals surface area contributed by atoms with E-state index in [0.717, 1.165) is 11.1 Å². The van der Waals surface area contributed by atoms with Crippen molar-refractivity contribution in [2.75, 3.05) is 11.9 Å². The minimum Gasteiger partial charge on any atom is -0.504 e. The van der Waals surface area contributed by atoms with Crippen LogP contribution in [-0.2, 0) is 9.59 Å². The van der Waals surface area contributed by atoms with Crippen LogP contribution in [0.2, 0.25) is 0 Å². The van der Waals surface area contributed by atoms with Crippen molar-refractivity contribution in [3.8, 4) is 11.5 Å². The summed E-state index contributed by atoms with van der Waals surface area (Å²) in [5.41, 5.74) is 5.64. The Kier molecular flexibility index (Phi) is 6.93. The van der Waals surface area contributed by atoms with Gasteiger partial charge in [-0.3, -0.25) is 9.59 Å². The van der Waals surface area contributed by atoms with Crippen LogP contribution >= 0.6 is 0 Å². The lowest BCUT2D eigenvalue weighted by molar-refractivity contribution is -0.126. The van der Waals surface area contributed by atoms with Gasteiger partial charge in [0.05, 0.1) is 12.8 Å².